The molecule has 8 heteroatoms. The third-order valence-corrected chi connectivity index (χ3v) is 6.44. The number of carbonyl (C=O) groups excluding carboxylic acids is 2. The second-order valence-corrected chi connectivity index (χ2v) is 8.24. The monoisotopic (exact) mass is 436 g/mol. The molecule has 1 unspecified atom stereocenters. The number of carbonyl (C=O) groups is 2. The van der Waals surface area contributed by atoms with E-state index < -0.39 is 0 Å². The topological polar surface area (TPSA) is 90.0 Å². The summed E-state index contributed by atoms with van der Waals surface area (Å²) in [7, 11) is 1.62. The van der Waals surface area contributed by atoms with E-state index in [1.165, 1.54) is 12.5 Å². The molecule has 168 valence electrons. The summed E-state index contributed by atoms with van der Waals surface area (Å²) in [5, 5.41) is 9.73. The van der Waals surface area contributed by atoms with Crippen molar-refractivity contribution in [1.29, 1.82) is 5.26 Å². The molecule has 2 saturated heterocycles. The van der Waals surface area contributed by atoms with Crippen LogP contribution < -0.4 is 4.74 Å². The van der Waals surface area contributed by atoms with Gasteiger partial charge in [-0.05, 0) is 36.6 Å². The number of rotatable bonds is 5. The van der Waals surface area contributed by atoms with Gasteiger partial charge in [-0.1, -0.05) is 12.1 Å². The molecule has 0 bridgehead atoms. The van der Waals surface area contributed by atoms with E-state index in [1.807, 2.05) is 29.2 Å². The molecule has 4 rings (SSSR count). The molecule has 1 aromatic carbocycles. The van der Waals surface area contributed by atoms with Crippen LogP contribution in [0.5, 0.6) is 5.75 Å². The minimum Gasteiger partial charge on any atom is -0.497 e. The number of methoxy groups -OCH3 is 1. The van der Waals surface area contributed by atoms with E-state index in [9.17, 15) is 14.9 Å². The number of hydrogen-bond acceptors (Lipinski definition) is 6. The van der Waals surface area contributed by atoms with E-state index in [-0.39, 0.29) is 23.8 Å². The zero-order valence-electron chi connectivity index (χ0n) is 18.3. The van der Waals surface area contributed by atoms with Gasteiger partial charge < -0.3 is 19.0 Å². The predicted octanol–water partition coefficient (Wildman–Crippen LogP) is 2.55. The summed E-state index contributed by atoms with van der Waals surface area (Å²) in [6, 6.07) is 11.3. The summed E-state index contributed by atoms with van der Waals surface area (Å²) >= 11 is 0. The van der Waals surface area contributed by atoms with Gasteiger partial charge in [0.1, 0.15) is 18.1 Å². The van der Waals surface area contributed by atoms with Crippen LogP contribution in [0.4, 0.5) is 0 Å². The van der Waals surface area contributed by atoms with Crippen LogP contribution in [0, 0.1) is 17.2 Å². The molecule has 0 saturated carbocycles. The number of benzene rings is 1. The van der Waals surface area contributed by atoms with Gasteiger partial charge in [0.2, 0.25) is 5.91 Å². The van der Waals surface area contributed by atoms with Gasteiger partial charge in [0.05, 0.1) is 25.0 Å². The first-order chi connectivity index (χ1) is 15.6. The van der Waals surface area contributed by atoms with Gasteiger partial charge in [-0.3, -0.25) is 14.5 Å². The fourth-order valence-corrected chi connectivity index (χ4v) is 4.51. The lowest BCUT2D eigenvalue weighted by molar-refractivity contribution is -0.138. The van der Waals surface area contributed by atoms with Crippen LogP contribution in [-0.4, -0.2) is 72.9 Å². The minimum atomic E-state index is -0.338. The Hall–Kier alpha value is -3.31. The standard InChI is InChI=1S/C24H28N4O4/c1-31-21-4-2-18(3-5-21)22(16-25)26-11-13-28(14-12-26)23(29)19-6-9-27(10-7-19)24(30)20-8-15-32-17-20/h2-5,8,15,17,19,22H,6-7,9-14H2,1H3. The molecule has 0 N–H and O–H groups in total. The summed E-state index contributed by atoms with van der Waals surface area (Å²) in [5.41, 5.74) is 1.48. The van der Waals surface area contributed by atoms with Gasteiger partial charge in [0, 0.05) is 45.2 Å². The molecular formula is C24H28N4O4. The van der Waals surface area contributed by atoms with Gasteiger partial charge in [0.25, 0.3) is 5.91 Å². The Balaban J connectivity index is 1.28. The number of ether oxygens (including phenoxy) is 1. The normalized spacial score (nSPS) is 18.8. The van der Waals surface area contributed by atoms with Gasteiger partial charge in [-0.15, -0.1) is 0 Å². The molecule has 2 aromatic rings. The highest BCUT2D eigenvalue weighted by atomic mass is 16.5. The molecule has 1 aromatic heterocycles. The second kappa shape index (κ2) is 9.88. The lowest BCUT2D eigenvalue weighted by Crippen LogP contribution is -2.52. The highest BCUT2D eigenvalue weighted by Crippen LogP contribution is 2.26. The Morgan fingerprint density at radius 1 is 1.03 bits per heavy atom. The van der Waals surface area contributed by atoms with Crippen molar-refractivity contribution in [3.63, 3.8) is 0 Å². The number of hydrogen-bond donors (Lipinski definition) is 0. The first-order valence-corrected chi connectivity index (χ1v) is 11.0. The van der Waals surface area contributed by atoms with Gasteiger partial charge in [-0.2, -0.15) is 5.26 Å². The van der Waals surface area contributed by atoms with E-state index >= 15 is 0 Å². The molecule has 0 spiro atoms. The zero-order chi connectivity index (χ0) is 22.5. The highest BCUT2D eigenvalue weighted by Gasteiger charge is 2.33. The molecule has 3 heterocycles. The summed E-state index contributed by atoms with van der Waals surface area (Å²) in [5.74, 6) is 0.832. The lowest BCUT2D eigenvalue weighted by atomic mass is 9.94. The molecule has 2 aliphatic heterocycles. The number of likely N-dealkylation sites (tertiary alicyclic amines) is 1. The second-order valence-electron chi connectivity index (χ2n) is 8.24. The number of piperidine rings is 1. The van der Waals surface area contributed by atoms with Crippen LogP contribution >= 0.6 is 0 Å². The largest absolute Gasteiger partial charge is 0.497 e. The Kier molecular flexibility index (Phi) is 6.76. The number of nitrogens with zero attached hydrogens (tertiary/aromatic N) is 4. The third kappa shape index (κ3) is 4.63. The van der Waals surface area contributed by atoms with Crippen LogP contribution in [0.3, 0.4) is 0 Å². The first kappa shape index (κ1) is 21.9. The molecule has 2 aliphatic rings. The van der Waals surface area contributed by atoms with Gasteiger partial charge in [-0.25, -0.2) is 0 Å². The average Bonchev–Trinajstić information content (AvgIpc) is 3.40. The van der Waals surface area contributed by atoms with Gasteiger partial charge >= 0.3 is 0 Å². The number of furan rings is 1. The third-order valence-electron chi connectivity index (χ3n) is 6.44. The maximum atomic E-state index is 13.1. The fourth-order valence-electron chi connectivity index (χ4n) is 4.51. The first-order valence-electron chi connectivity index (χ1n) is 11.0. The van der Waals surface area contributed by atoms with Crippen LogP contribution in [0.2, 0.25) is 0 Å². The Morgan fingerprint density at radius 3 is 2.28 bits per heavy atom. The molecule has 2 fully saturated rings. The Morgan fingerprint density at radius 2 is 1.72 bits per heavy atom. The number of piperazine rings is 1. The average molecular weight is 437 g/mol. The predicted molar refractivity (Wildman–Crippen MR) is 117 cm³/mol. The molecule has 2 amide bonds. The van der Waals surface area contributed by atoms with Crippen LogP contribution in [-0.2, 0) is 4.79 Å². The smallest absolute Gasteiger partial charge is 0.257 e. The van der Waals surface area contributed by atoms with E-state index in [0.717, 1.165) is 11.3 Å². The molecule has 8 nitrogen and oxygen atoms in total. The molecule has 1 atom stereocenters. The van der Waals surface area contributed by atoms with Crippen molar-refractivity contribution in [3.05, 3.63) is 54.0 Å². The summed E-state index contributed by atoms with van der Waals surface area (Å²) in [4.78, 5) is 31.3. The summed E-state index contributed by atoms with van der Waals surface area (Å²) in [6.07, 6.45) is 4.30. The zero-order valence-corrected chi connectivity index (χ0v) is 18.3. The maximum absolute atomic E-state index is 13.1. The van der Waals surface area contributed by atoms with Crippen molar-refractivity contribution < 1.29 is 18.7 Å². The minimum absolute atomic E-state index is 0.0423. The summed E-state index contributed by atoms with van der Waals surface area (Å²) < 4.78 is 10.2. The van der Waals surface area contributed by atoms with Crippen molar-refractivity contribution in [2.24, 2.45) is 5.92 Å². The molecule has 32 heavy (non-hydrogen) atoms. The van der Waals surface area contributed by atoms with Gasteiger partial charge in [0.15, 0.2) is 0 Å². The van der Waals surface area contributed by atoms with Crippen LogP contribution in [0.25, 0.3) is 0 Å². The van der Waals surface area contributed by atoms with E-state index in [4.69, 9.17) is 9.15 Å². The maximum Gasteiger partial charge on any atom is 0.257 e. The molecular weight excluding hydrogens is 408 g/mol. The highest BCUT2D eigenvalue weighted by molar-refractivity contribution is 5.94. The summed E-state index contributed by atoms with van der Waals surface area (Å²) in [6.45, 7) is 3.70. The van der Waals surface area contributed by atoms with E-state index in [1.54, 1.807) is 18.1 Å². The number of nitriles is 1. The van der Waals surface area contributed by atoms with Crippen LogP contribution in [0.1, 0.15) is 34.8 Å². The van der Waals surface area contributed by atoms with Crippen molar-refractivity contribution in [1.82, 2.24) is 14.7 Å². The molecule has 0 aliphatic carbocycles. The number of amides is 2. The van der Waals surface area contributed by atoms with Crippen LogP contribution in [0.15, 0.2) is 47.3 Å². The SMILES string of the molecule is COc1ccc(C(C#N)N2CCN(C(=O)C3CCN(C(=O)c4ccoc4)CC3)CC2)cc1. The van der Waals surface area contributed by atoms with Crippen molar-refractivity contribution >= 4 is 11.8 Å². The lowest BCUT2D eigenvalue weighted by Gasteiger charge is -2.39. The van der Waals surface area contributed by atoms with E-state index in [0.29, 0.717) is 57.7 Å². The van der Waals surface area contributed by atoms with Crippen molar-refractivity contribution in [2.75, 3.05) is 46.4 Å². The Labute approximate surface area is 187 Å². The quantitative estimate of drug-likeness (QED) is 0.716. The van der Waals surface area contributed by atoms with E-state index in [2.05, 4.69) is 11.0 Å². The van der Waals surface area contributed by atoms with Crippen molar-refractivity contribution in [2.45, 2.75) is 18.9 Å². The molecule has 0 radical (unpaired) electrons. The van der Waals surface area contributed by atoms with Crippen molar-refractivity contribution in [3.8, 4) is 11.8 Å². The fraction of sp³-hybridized carbons (Fsp3) is 0.458. The Bertz CT molecular complexity index is 951.